The standard InChI is InChI=1S/C22H26N2O4/c1-3-14-23-21(26)19(15-16-8-6-5-7-9-16)24-20(25)17-10-12-18(13-11-17)22(27)28-4-2/h5-13,19H,3-4,14-15H2,1-2H3,(H,23,26)(H,24,25). The Morgan fingerprint density at radius 1 is 0.929 bits per heavy atom. The predicted molar refractivity (Wildman–Crippen MR) is 107 cm³/mol. The van der Waals surface area contributed by atoms with Crippen LogP contribution in [0, 0.1) is 0 Å². The molecule has 0 aliphatic carbocycles. The zero-order valence-electron chi connectivity index (χ0n) is 16.2. The van der Waals surface area contributed by atoms with Gasteiger partial charge in [0.25, 0.3) is 5.91 Å². The summed E-state index contributed by atoms with van der Waals surface area (Å²) in [6.07, 6.45) is 1.20. The highest BCUT2D eigenvalue weighted by molar-refractivity contribution is 5.98. The molecule has 6 heteroatoms. The second-order valence-electron chi connectivity index (χ2n) is 6.30. The van der Waals surface area contributed by atoms with Crippen LogP contribution < -0.4 is 10.6 Å². The lowest BCUT2D eigenvalue weighted by Crippen LogP contribution is -2.48. The number of hydrogen-bond donors (Lipinski definition) is 2. The molecule has 2 N–H and O–H groups in total. The number of esters is 1. The molecule has 0 bridgehead atoms. The largest absolute Gasteiger partial charge is 0.462 e. The van der Waals surface area contributed by atoms with Gasteiger partial charge in [-0.1, -0.05) is 37.3 Å². The molecule has 0 saturated carbocycles. The summed E-state index contributed by atoms with van der Waals surface area (Å²) in [5.74, 6) is -1.03. The van der Waals surface area contributed by atoms with Crippen LogP contribution in [-0.4, -0.2) is 37.0 Å². The number of carbonyl (C=O) groups is 3. The Morgan fingerprint density at radius 2 is 1.57 bits per heavy atom. The maximum atomic E-state index is 12.6. The molecule has 148 valence electrons. The van der Waals surface area contributed by atoms with Crippen LogP contribution in [0.5, 0.6) is 0 Å². The average molecular weight is 382 g/mol. The maximum Gasteiger partial charge on any atom is 0.338 e. The van der Waals surface area contributed by atoms with Crippen LogP contribution in [0.25, 0.3) is 0 Å². The second-order valence-corrected chi connectivity index (χ2v) is 6.30. The monoisotopic (exact) mass is 382 g/mol. The van der Waals surface area contributed by atoms with Crippen molar-refractivity contribution >= 4 is 17.8 Å². The second kappa shape index (κ2) is 10.9. The summed E-state index contributed by atoms with van der Waals surface area (Å²) >= 11 is 0. The molecule has 2 aromatic rings. The molecule has 0 spiro atoms. The smallest absolute Gasteiger partial charge is 0.338 e. The molecule has 0 radical (unpaired) electrons. The van der Waals surface area contributed by atoms with E-state index in [0.29, 0.717) is 24.1 Å². The summed E-state index contributed by atoms with van der Waals surface area (Å²) in [7, 11) is 0. The Labute approximate surface area is 165 Å². The van der Waals surface area contributed by atoms with Gasteiger partial charge in [-0.25, -0.2) is 4.79 Å². The third-order valence-corrected chi connectivity index (χ3v) is 4.11. The van der Waals surface area contributed by atoms with Gasteiger partial charge in [0.05, 0.1) is 12.2 Å². The van der Waals surface area contributed by atoms with Gasteiger partial charge in [0.2, 0.25) is 5.91 Å². The van der Waals surface area contributed by atoms with Crippen molar-refractivity contribution in [1.82, 2.24) is 10.6 Å². The molecular formula is C22H26N2O4. The van der Waals surface area contributed by atoms with Crippen molar-refractivity contribution in [2.45, 2.75) is 32.7 Å². The normalized spacial score (nSPS) is 11.4. The van der Waals surface area contributed by atoms with Gasteiger partial charge in [0.15, 0.2) is 0 Å². The van der Waals surface area contributed by atoms with Gasteiger partial charge in [0.1, 0.15) is 6.04 Å². The molecule has 1 atom stereocenters. The fourth-order valence-electron chi connectivity index (χ4n) is 2.64. The molecule has 6 nitrogen and oxygen atoms in total. The average Bonchev–Trinajstić information content (AvgIpc) is 2.72. The number of amides is 2. The zero-order chi connectivity index (χ0) is 20.4. The highest BCUT2D eigenvalue weighted by atomic mass is 16.5. The molecule has 0 aliphatic heterocycles. The van der Waals surface area contributed by atoms with Crippen LogP contribution in [0.4, 0.5) is 0 Å². The van der Waals surface area contributed by atoms with Crippen molar-refractivity contribution in [3.05, 3.63) is 71.3 Å². The van der Waals surface area contributed by atoms with Crippen molar-refractivity contribution in [3.8, 4) is 0 Å². The summed E-state index contributed by atoms with van der Waals surface area (Å²) in [6, 6.07) is 15.0. The van der Waals surface area contributed by atoms with Crippen molar-refractivity contribution in [1.29, 1.82) is 0 Å². The summed E-state index contributed by atoms with van der Waals surface area (Å²) in [4.78, 5) is 36.8. The van der Waals surface area contributed by atoms with Gasteiger partial charge in [-0.05, 0) is 43.2 Å². The predicted octanol–water partition coefficient (Wildman–Crippen LogP) is 2.73. The molecule has 0 heterocycles. The van der Waals surface area contributed by atoms with E-state index in [-0.39, 0.29) is 18.4 Å². The molecule has 28 heavy (non-hydrogen) atoms. The summed E-state index contributed by atoms with van der Waals surface area (Å²) in [5.41, 5.74) is 1.70. The van der Waals surface area contributed by atoms with Gasteiger partial charge in [-0.2, -0.15) is 0 Å². The van der Waals surface area contributed by atoms with Crippen molar-refractivity contribution in [2.24, 2.45) is 0 Å². The van der Waals surface area contributed by atoms with Crippen LogP contribution in [0.1, 0.15) is 46.5 Å². The Kier molecular flexibility index (Phi) is 8.21. The Morgan fingerprint density at radius 3 is 2.18 bits per heavy atom. The Bertz CT molecular complexity index is 788. The third kappa shape index (κ3) is 6.23. The molecule has 0 aromatic heterocycles. The zero-order valence-corrected chi connectivity index (χ0v) is 16.2. The molecule has 2 amide bonds. The first-order valence-corrected chi connectivity index (χ1v) is 9.44. The van der Waals surface area contributed by atoms with E-state index >= 15 is 0 Å². The van der Waals surface area contributed by atoms with Crippen LogP contribution in [0.2, 0.25) is 0 Å². The number of benzene rings is 2. The van der Waals surface area contributed by atoms with E-state index < -0.39 is 12.0 Å². The number of ether oxygens (including phenoxy) is 1. The van der Waals surface area contributed by atoms with Gasteiger partial charge in [-0.3, -0.25) is 9.59 Å². The fourth-order valence-corrected chi connectivity index (χ4v) is 2.64. The van der Waals surface area contributed by atoms with Crippen LogP contribution in [-0.2, 0) is 16.0 Å². The molecule has 0 saturated heterocycles. The number of hydrogen-bond acceptors (Lipinski definition) is 4. The van der Waals surface area contributed by atoms with Gasteiger partial charge < -0.3 is 15.4 Å². The molecule has 1 unspecified atom stereocenters. The quantitative estimate of drug-likeness (QED) is 0.653. The number of carbonyl (C=O) groups excluding carboxylic acids is 3. The number of rotatable bonds is 9. The van der Waals surface area contributed by atoms with E-state index in [0.717, 1.165) is 12.0 Å². The third-order valence-electron chi connectivity index (χ3n) is 4.11. The Balaban J connectivity index is 2.10. The first-order valence-electron chi connectivity index (χ1n) is 9.44. The van der Waals surface area contributed by atoms with Crippen molar-refractivity contribution < 1.29 is 19.1 Å². The fraction of sp³-hybridized carbons (Fsp3) is 0.318. The molecule has 2 rings (SSSR count). The van der Waals surface area contributed by atoms with E-state index in [1.165, 1.54) is 12.1 Å². The van der Waals surface area contributed by atoms with Gasteiger partial charge >= 0.3 is 5.97 Å². The van der Waals surface area contributed by atoms with Gasteiger partial charge in [0, 0.05) is 18.5 Å². The van der Waals surface area contributed by atoms with E-state index in [1.54, 1.807) is 19.1 Å². The van der Waals surface area contributed by atoms with Crippen molar-refractivity contribution in [3.63, 3.8) is 0 Å². The topological polar surface area (TPSA) is 84.5 Å². The van der Waals surface area contributed by atoms with Crippen LogP contribution in [0.15, 0.2) is 54.6 Å². The highest BCUT2D eigenvalue weighted by Gasteiger charge is 2.21. The van der Waals surface area contributed by atoms with Crippen LogP contribution >= 0.6 is 0 Å². The summed E-state index contributed by atoms with van der Waals surface area (Å²) in [5, 5.41) is 5.63. The van der Waals surface area contributed by atoms with E-state index in [9.17, 15) is 14.4 Å². The van der Waals surface area contributed by atoms with Crippen LogP contribution in [0.3, 0.4) is 0 Å². The Hall–Kier alpha value is -3.15. The highest BCUT2D eigenvalue weighted by Crippen LogP contribution is 2.08. The molecule has 0 fully saturated rings. The SMILES string of the molecule is CCCNC(=O)C(Cc1ccccc1)NC(=O)c1ccc(C(=O)OCC)cc1. The first kappa shape index (κ1) is 21.2. The van der Waals surface area contributed by atoms with E-state index in [2.05, 4.69) is 10.6 Å². The first-order chi connectivity index (χ1) is 13.5. The minimum absolute atomic E-state index is 0.220. The lowest BCUT2D eigenvalue weighted by molar-refractivity contribution is -0.122. The minimum atomic E-state index is -0.689. The van der Waals surface area contributed by atoms with E-state index in [1.807, 2.05) is 37.3 Å². The summed E-state index contributed by atoms with van der Waals surface area (Å²) in [6.45, 7) is 4.54. The van der Waals surface area contributed by atoms with E-state index in [4.69, 9.17) is 4.74 Å². The number of nitrogens with one attached hydrogen (secondary N) is 2. The molecule has 0 aliphatic rings. The lowest BCUT2D eigenvalue weighted by atomic mass is 10.0. The minimum Gasteiger partial charge on any atom is -0.462 e. The van der Waals surface area contributed by atoms with Gasteiger partial charge in [-0.15, -0.1) is 0 Å². The van der Waals surface area contributed by atoms with Crippen molar-refractivity contribution in [2.75, 3.05) is 13.2 Å². The molecular weight excluding hydrogens is 356 g/mol. The maximum absolute atomic E-state index is 12.6. The molecule has 2 aromatic carbocycles. The lowest BCUT2D eigenvalue weighted by Gasteiger charge is -2.18. The summed E-state index contributed by atoms with van der Waals surface area (Å²) < 4.78 is 4.94.